The molecule has 0 N–H and O–H groups in total. The fourth-order valence-corrected chi connectivity index (χ4v) is 2.28. The van der Waals surface area contributed by atoms with Gasteiger partial charge in [0.2, 0.25) is 0 Å². The molecule has 0 saturated heterocycles. The molecular formula is C14H19ClO3. The SMILES string of the molecule is COc1cc(OC)c(CC(C)CC(C)=O)cc1Cl. The van der Waals surface area contributed by atoms with Gasteiger partial charge in [-0.3, -0.25) is 0 Å². The Labute approximate surface area is 113 Å². The number of hydrogen-bond donors (Lipinski definition) is 0. The molecule has 0 fully saturated rings. The van der Waals surface area contributed by atoms with E-state index in [0.29, 0.717) is 17.2 Å². The van der Waals surface area contributed by atoms with Crippen LogP contribution in [-0.2, 0) is 11.2 Å². The number of ketones is 1. The molecule has 1 unspecified atom stereocenters. The van der Waals surface area contributed by atoms with Crippen molar-refractivity contribution in [3.63, 3.8) is 0 Å². The van der Waals surface area contributed by atoms with E-state index in [0.717, 1.165) is 17.7 Å². The zero-order valence-corrected chi connectivity index (χ0v) is 12.0. The summed E-state index contributed by atoms with van der Waals surface area (Å²) in [5, 5.41) is 0.559. The van der Waals surface area contributed by atoms with Crippen molar-refractivity contribution in [2.24, 2.45) is 5.92 Å². The van der Waals surface area contributed by atoms with Crippen molar-refractivity contribution < 1.29 is 14.3 Å². The lowest BCUT2D eigenvalue weighted by Gasteiger charge is -2.15. The number of halogens is 1. The second-order valence-electron chi connectivity index (χ2n) is 4.51. The number of methoxy groups -OCH3 is 2. The summed E-state index contributed by atoms with van der Waals surface area (Å²) in [7, 11) is 3.18. The Morgan fingerprint density at radius 3 is 2.39 bits per heavy atom. The molecule has 0 aliphatic heterocycles. The van der Waals surface area contributed by atoms with E-state index in [2.05, 4.69) is 0 Å². The number of carbonyl (C=O) groups excluding carboxylic acids is 1. The van der Waals surface area contributed by atoms with Crippen LogP contribution in [0.25, 0.3) is 0 Å². The van der Waals surface area contributed by atoms with Crippen molar-refractivity contribution in [1.82, 2.24) is 0 Å². The van der Waals surface area contributed by atoms with Gasteiger partial charge in [0.15, 0.2) is 0 Å². The maximum Gasteiger partial charge on any atom is 0.141 e. The van der Waals surface area contributed by atoms with Crippen LogP contribution in [0.4, 0.5) is 0 Å². The highest BCUT2D eigenvalue weighted by Crippen LogP contribution is 2.34. The first-order chi connectivity index (χ1) is 8.47. The number of hydrogen-bond acceptors (Lipinski definition) is 3. The lowest BCUT2D eigenvalue weighted by molar-refractivity contribution is -0.117. The fourth-order valence-electron chi connectivity index (χ4n) is 2.02. The summed E-state index contributed by atoms with van der Waals surface area (Å²) >= 11 is 6.10. The highest BCUT2D eigenvalue weighted by Gasteiger charge is 2.13. The van der Waals surface area contributed by atoms with Crippen molar-refractivity contribution >= 4 is 17.4 Å². The summed E-state index contributed by atoms with van der Waals surface area (Å²) < 4.78 is 10.5. The molecule has 1 aromatic carbocycles. The molecule has 1 atom stereocenters. The predicted octanol–water partition coefficient (Wildman–Crippen LogP) is 3.51. The molecule has 1 aromatic rings. The molecule has 0 radical (unpaired) electrons. The Morgan fingerprint density at radius 1 is 1.28 bits per heavy atom. The molecule has 18 heavy (non-hydrogen) atoms. The molecule has 0 amide bonds. The minimum absolute atomic E-state index is 0.195. The van der Waals surface area contributed by atoms with E-state index >= 15 is 0 Å². The highest BCUT2D eigenvalue weighted by atomic mass is 35.5. The molecule has 0 bridgehead atoms. The van der Waals surface area contributed by atoms with Crippen molar-refractivity contribution in [2.45, 2.75) is 26.7 Å². The second-order valence-corrected chi connectivity index (χ2v) is 4.92. The van der Waals surface area contributed by atoms with E-state index in [9.17, 15) is 4.79 Å². The molecule has 3 nitrogen and oxygen atoms in total. The Morgan fingerprint density at radius 2 is 1.89 bits per heavy atom. The molecule has 1 rings (SSSR count). The van der Waals surface area contributed by atoms with Crippen LogP contribution in [0.5, 0.6) is 11.5 Å². The van der Waals surface area contributed by atoms with E-state index < -0.39 is 0 Å². The summed E-state index contributed by atoms with van der Waals surface area (Å²) in [5.74, 6) is 1.80. The number of rotatable bonds is 6. The van der Waals surface area contributed by atoms with Crippen LogP contribution in [0.15, 0.2) is 12.1 Å². The first-order valence-electron chi connectivity index (χ1n) is 5.87. The zero-order valence-electron chi connectivity index (χ0n) is 11.2. The molecular weight excluding hydrogens is 252 g/mol. The first kappa shape index (κ1) is 14.8. The van der Waals surface area contributed by atoms with E-state index in [4.69, 9.17) is 21.1 Å². The molecule has 0 aliphatic rings. The third-order valence-corrected chi connectivity index (χ3v) is 3.05. The van der Waals surface area contributed by atoms with Gasteiger partial charge in [-0.15, -0.1) is 0 Å². The van der Waals surface area contributed by atoms with Crippen LogP contribution in [0.1, 0.15) is 25.8 Å². The normalized spacial score (nSPS) is 12.1. The maximum atomic E-state index is 11.1. The minimum atomic E-state index is 0.195. The van der Waals surface area contributed by atoms with Crippen molar-refractivity contribution in [2.75, 3.05) is 14.2 Å². The summed E-state index contributed by atoms with van der Waals surface area (Å²) in [5.41, 5.74) is 0.997. The largest absolute Gasteiger partial charge is 0.496 e. The summed E-state index contributed by atoms with van der Waals surface area (Å²) in [6, 6.07) is 3.62. The molecule has 0 heterocycles. The molecule has 100 valence electrons. The van der Waals surface area contributed by atoms with Gasteiger partial charge >= 0.3 is 0 Å². The highest BCUT2D eigenvalue weighted by molar-refractivity contribution is 6.32. The van der Waals surface area contributed by atoms with Crippen molar-refractivity contribution in [3.8, 4) is 11.5 Å². The van der Waals surface area contributed by atoms with Crippen LogP contribution in [0, 0.1) is 5.92 Å². The fraction of sp³-hybridized carbons (Fsp3) is 0.500. The van der Waals surface area contributed by atoms with Gasteiger partial charge in [0, 0.05) is 12.5 Å². The Kier molecular flexibility index (Phi) is 5.48. The van der Waals surface area contributed by atoms with Gasteiger partial charge in [0.25, 0.3) is 0 Å². The third-order valence-electron chi connectivity index (χ3n) is 2.76. The van der Waals surface area contributed by atoms with Crippen molar-refractivity contribution in [1.29, 1.82) is 0 Å². The Hall–Kier alpha value is -1.22. The van der Waals surface area contributed by atoms with Crippen LogP contribution < -0.4 is 9.47 Å². The average molecular weight is 271 g/mol. The predicted molar refractivity (Wildman–Crippen MR) is 72.7 cm³/mol. The van der Waals surface area contributed by atoms with E-state index in [1.165, 1.54) is 0 Å². The van der Waals surface area contributed by atoms with Crippen LogP contribution in [0.2, 0.25) is 5.02 Å². The van der Waals surface area contributed by atoms with E-state index in [1.54, 1.807) is 27.2 Å². The minimum Gasteiger partial charge on any atom is -0.496 e. The molecule has 4 heteroatoms. The van der Waals surface area contributed by atoms with Crippen molar-refractivity contribution in [3.05, 3.63) is 22.7 Å². The van der Waals surface area contributed by atoms with Gasteiger partial charge in [-0.05, 0) is 30.9 Å². The number of benzene rings is 1. The van der Waals surface area contributed by atoms with Gasteiger partial charge in [-0.25, -0.2) is 0 Å². The monoisotopic (exact) mass is 270 g/mol. The summed E-state index contributed by atoms with van der Waals surface area (Å²) in [6.07, 6.45) is 1.32. The lowest BCUT2D eigenvalue weighted by Crippen LogP contribution is -2.06. The third kappa shape index (κ3) is 3.91. The number of Topliss-reactive ketones (excluding diaryl/α,β-unsaturated/α-hetero) is 1. The smallest absolute Gasteiger partial charge is 0.141 e. The van der Waals surface area contributed by atoms with Crippen LogP contribution in [0.3, 0.4) is 0 Å². The Balaban J connectivity index is 2.94. The summed E-state index contributed by atoms with van der Waals surface area (Å²) in [6.45, 7) is 3.65. The molecule has 0 aromatic heterocycles. The number of ether oxygens (including phenoxy) is 2. The van der Waals surface area contributed by atoms with Gasteiger partial charge in [0.05, 0.1) is 19.2 Å². The standard InChI is InChI=1S/C14H19ClO3/c1-9(5-10(2)16)6-11-7-12(15)14(18-4)8-13(11)17-3/h7-9H,5-6H2,1-4H3. The number of carbonyl (C=O) groups is 1. The first-order valence-corrected chi connectivity index (χ1v) is 6.25. The second kappa shape index (κ2) is 6.64. The van der Waals surface area contributed by atoms with Gasteiger partial charge in [-0.1, -0.05) is 18.5 Å². The van der Waals surface area contributed by atoms with Gasteiger partial charge in [0.1, 0.15) is 17.3 Å². The van der Waals surface area contributed by atoms with Gasteiger partial charge in [-0.2, -0.15) is 0 Å². The Bertz CT molecular complexity index is 429. The van der Waals surface area contributed by atoms with Crippen LogP contribution in [-0.4, -0.2) is 20.0 Å². The molecule has 0 aliphatic carbocycles. The average Bonchev–Trinajstić information content (AvgIpc) is 2.28. The maximum absolute atomic E-state index is 11.1. The molecule has 0 saturated carbocycles. The quantitative estimate of drug-likeness (QED) is 0.793. The lowest BCUT2D eigenvalue weighted by atomic mass is 9.96. The van der Waals surface area contributed by atoms with Crippen LogP contribution >= 0.6 is 11.6 Å². The molecule has 0 spiro atoms. The van der Waals surface area contributed by atoms with Gasteiger partial charge < -0.3 is 14.3 Å². The summed E-state index contributed by atoms with van der Waals surface area (Å²) in [4.78, 5) is 11.1. The van der Waals surface area contributed by atoms with E-state index in [-0.39, 0.29) is 11.7 Å². The topological polar surface area (TPSA) is 35.5 Å². The van der Waals surface area contributed by atoms with E-state index in [1.807, 2.05) is 13.0 Å². The zero-order chi connectivity index (χ0) is 13.7.